The Hall–Kier alpha value is -3.22. The molecule has 1 atom stereocenters. The number of ether oxygens (including phenoxy) is 3. The molecular weight excluding hydrogens is 470 g/mol. The van der Waals surface area contributed by atoms with E-state index in [0.29, 0.717) is 43.2 Å². The number of carboxylic acid groups (broad SMARTS) is 1. The first-order chi connectivity index (χ1) is 17.8. The fourth-order valence-corrected chi connectivity index (χ4v) is 4.12. The molecule has 7 nitrogen and oxygen atoms in total. The van der Waals surface area contributed by atoms with Crippen molar-refractivity contribution in [2.24, 2.45) is 0 Å². The van der Waals surface area contributed by atoms with Gasteiger partial charge in [-0.25, -0.2) is 4.79 Å². The van der Waals surface area contributed by atoms with Crippen LogP contribution in [-0.2, 0) is 22.4 Å². The molecule has 2 aromatic rings. The number of unbranched alkanes of at least 4 members (excludes halogenated alkanes) is 4. The van der Waals surface area contributed by atoms with E-state index in [1.165, 1.54) is 19.3 Å². The van der Waals surface area contributed by atoms with Crippen molar-refractivity contribution in [1.29, 1.82) is 0 Å². The summed E-state index contributed by atoms with van der Waals surface area (Å²) in [5, 5.41) is 9.54. The van der Waals surface area contributed by atoms with E-state index in [2.05, 4.69) is 6.92 Å². The van der Waals surface area contributed by atoms with Gasteiger partial charge in [-0.05, 0) is 62.1 Å². The summed E-state index contributed by atoms with van der Waals surface area (Å²) in [4.78, 5) is 27.0. The lowest BCUT2D eigenvalue weighted by molar-refractivity contribution is -0.154. The SMILES string of the molecule is CCCCCCCN(CCc1cccc(O[C@](C)(CC)C(=O)O)c1)C(=O)Cc1cc(OC)ccc1OC. The lowest BCUT2D eigenvalue weighted by atomic mass is 10.0. The van der Waals surface area contributed by atoms with Crippen molar-refractivity contribution in [2.75, 3.05) is 27.3 Å². The summed E-state index contributed by atoms with van der Waals surface area (Å²) in [6.07, 6.45) is 6.81. The second-order valence-corrected chi connectivity index (χ2v) is 9.54. The third-order valence-electron chi connectivity index (χ3n) is 6.75. The zero-order chi connectivity index (χ0) is 27.3. The Morgan fingerprint density at radius 1 is 0.919 bits per heavy atom. The standard InChI is InChI=1S/C30H43NO6/c1-6-8-9-10-11-18-31(28(32)22-24-21-25(35-4)15-16-27(24)36-5)19-17-23-13-12-14-26(20-23)37-30(3,7-2)29(33)34/h12-16,20-21H,6-11,17-19,22H2,1-5H3,(H,33,34)/t30-/m1/s1. The van der Waals surface area contributed by atoms with E-state index >= 15 is 0 Å². The fraction of sp³-hybridized carbons (Fsp3) is 0.533. The second kappa shape index (κ2) is 15.1. The summed E-state index contributed by atoms with van der Waals surface area (Å²) in [5.41, 5.74) is 0.504. The Kier molecular flexibility index (Phi) is 12.3. The van der Waals surface area contributed by atoms with Gasteiger partial charge in [0.1, 0.15) is 17.2 Å². The van der Waals surface area contributed by atoms with E-state index < -0.39 is 11.6 Å². The molecule has 0 bridgehead atoms. The first-order valence-electron chi connectivity index (χ1n) is 13.3. The minimum Gasteiger partial charge on any atom is -0.497 e. The molecule has 0 aliphatic heterocycles. The third kappa shape index (κ3) is 9.30. The van der Waals surface area contributed by atoms with Gasteiger partial charge in [-0.15, -0.1) is 0 Å². The third-order valence-corrected chi connectivity index (χ3v) is 6.75. The van der Waals surface area contributed by atoms with E-state index in [0.717, 1.165) is 24.0 Å². The van der Waals surface area contributed by atoms with Crippen molar-refractivity contribution in [3.8, 4) is 17.2 Å². The van der Waals surface area contributed by atoms with Crippen molar-refractivity contribution in [3.63, 3.8) is 0 Å². The minimum absolute atomic E-state index is 0.0406. The van der Waals surface area contributed by atoms with E-state index in [1.807, 2.05) is 41.3 Å². The second-order valence-electron chi connectivity index (χ2n) is 9.54. The first kappa shape index (κ1) is 30.0. The number of aliphatic carboxylic acids is 1. The van der Waals surface area contributed by atoms with Crippen LogP contribution in [0.4, 0.5) is 0 Å². The Labute approximate surface area is 221 Å². The van der Waals surface area contributed by atoms with Gasteiger partial charge >= 0.3 is 5.97 Å². The summed E-state index contributed by atoms with van der Waals surface area (Å²) >= 11 is 0. The summed E-state index contributed by atoms with van der Waals surface area (Å²) in [5.74, 6) is 0.918. The van der Waals surface area contributed by atoms with Crippen LogP contribution >= 0.6 is 0 Å². The van der Waals surface area contributed by atoms with Crippen LogP contribution in [0.3, 0.4) is 0 Å². The molecule has 37 heavy (non-hydrogen) atoms. The molecule has 0 aliphatic carbocycles. The van der Waals surface area contributed by atoms with E-state index in [1.54, 1.807) is 34.1 Å². The van der Waals surface area contributed by atoms with Crippen molar-refractivity contribution >= 4 is 11.9 Å². The van der Waals surface area contributed by atoms with Gasteiger partial charge in [-0.3, -0.25) is 4.79 Å². The van der Waals surface area contributed by atoms with Gasteiger partial charge in [0.2, 0.25) is 11.5 Å². The minimum atomic E-state index is -1.28. The highest BCUT2D eigenvalue weighted by Gasteiger charge is 2.33. The van der Waals surface area contributed by atoms with Crippen LogP contribution in [0, 0.1) is 0 Å². The Morgan fingerprint density at radius 3 is 2.32 bits per heavy atom. The van der Waals surface area contributed by atoms with E-state index in [4.69, 9.17) is 14.2 Å². The van der Waals surface area contributed by atoms with Gasteiger partial charge in [0.05, 0.1) is 20.6 Å². The van der Waals surface area contributed by atoms with Gasteiger partial charge in [0.25, 0.3) is 0 Å². The summed E-state index contributed by atoms with van der Waals surface area (Å²) in [7, 11) is 3.21. The molecule has 0 spiro atoms. The molecule has 0 aromatic heterocycles. The van der Waals surface area contributed by atoms with Crippen molar-refractivity contribution < 1.29 is 28.9 Å². The largest absolute Gasteiger partial charge is 0.497 e. The summed E-state index contributed by atoms with van der Waals surface area (Å²) < 4.78 is 16.7. The number of hydrogen-bond donors (Lipinski definition) is 1. The maximum absolute atomic E-state index is 13.4. The number of nitrogens with zero attached hydrogens (tertiary/aromatic N) is 1. The van der Waals surface area contributed by atoms with Crippen LogP contribution in [0.5, 0.6) is 17.2 Å². The number of amides is 1. The molecule has 204 valence electrons. The Balaban J connectivity index is 2.14. The van der Waals surface area contributed by atoms with Gasteiger partial charge in [-0.1, -0.05) is 51.7 Å². The normalized spacial score (nSPS) is 12.5. The summed E-state index contributed by atoms with van der Waals surface area (Å²) in [6.45, 7) is 6.81. The van der Waals surface area contributed by atoms with Crippen LogP contribution < -0.4 is 14.2 Å². The predicted octanol–water partition coefficient (Wildman–Crippen LogP) is 5.92. The molecule has 0 unspecified atom stereocenters. The quantitative estimate of drug-likeness (QED) is 0.264. The van der Waals surface area contributed by atoms with Crippen LogP contribution in [0.15, 0.2) is 42.5 Å². The Morgan fingerprint density at radius 2 is 1.68 bits per heavy atom. The highest BCUT2D eigenvalue weighted by atomic mass is 16.5. The number of carbonyl (C=O) groups excluding carboxylic acids is 1. The van der Waals surface area contributed by atoms with Crippen LogP contribution in [0.2, 0.25) is 0 Å². The van der Waals surface area contributed by atoms with Crippen molar-refractivity contribution in [2.45, 2.75) is 77.7 Å². The molecule has 7 heteroatoms. The molecule has 1 N–H and O–H groups in total. The maximum Gasteiger partial charge on any atom is 0.347 e. The van der Waals surface area contributed by atoms with Crippen LogP contribution in [-0.4, -0.2) is 54.8 Å². The summed E-state index contributed by atoms with van der Waals surface area (Å²) in [6, 6.07) is 13.0. The smallest absolute Gasteiger partial charge is 0.347 e. The number of carboxylic acids is 1. The zero-order valence-corrected chi connectivity index (χ0v) is 23.0. The molecule has 0 saturated carbocycles. The molecule has 0 fully saturated rings. The number of hydrogen-bond acceptors (Lipinski definition) is 5. The molecule has 2 aromatic carbocycles. The van der Waals surface area contributed by atoms with Crippen LogP contribution in [0.1, 0.15) is 70.4 Å². The van der Waals surface area contributed by atoms with E-state index in [9.17, 15) is 14.7 Å². The molecule has 0 radical (unpaired) electrons. The molecule has 1 amide bonds. The molecule has 0 saturated heterocycles. The zero-order valence-electron chi connectivity index (χ0n) is 23.0. The number of benzene rings is 2. The molecular formula is C30H43NO6. The maximum atomic E-state index is 13.4. The average molecular weight is 514 g/mol. The topological polar surface area (TPSA) is 85.3 Å². The van der Waals surface area contributed by atoms with Gasteiger partial charge < -0.3 is 24.2 Å². The number of methoxy groups -OCH3 is 2. The molecule has 0 heterocycles. The number of rotatable bonds is 17. The highest BCUT2D eigenvalue weighted by Crippen LogP contribution is 2.26. The first-order valence-corrected chi connectivity index (χ1v) is 13.3. The number of carbonyl (C=O) groups is 2. The monoisotopic (exact) mass is 513 g/mol. The molecule has 2 rings (SSSR count). The lowest BCUT2D eigenvalue weighted by Crippen LogP contribution is -2.40. The molecule has 0 aliphatic rings. The van der Waals surface area contributed by atoms with Gasteiger partial charge in [-0.2, -0.15) is 0 Å². The van der Waals surface area contributed by atoms with Gasteiger partial charge in [0, 0.05) is 18.7 Å². The average Bonchev–Trinajstić information content (AvgIpc) is 2.90. The van der Waals surface area contributed by atoms with Crippen molar-refractivity contribution in [1.82, 2.24) is 4.90 Å². The van der Waals surface area contributed by atoms with Gasteiger partial charge in [0.15, 0.2) is 0 Å². The Bertz CT molecular complexity index is 1010. The van der Waals surface area contributed by atoms with Crippen molar-refractivity contribution in [3.05, 3.63) is 53.6 Å². The van der Waals surface area contributed by atoms with Crippen LogP contribution in [0.25, 0.3) is 0 Å². The highest BCUT2D eigenvalue weighted by molar-refractivity contribution is 5.80. The fourth-order valence-electron chi connectivity index (χ4n) is 4.12. The van der Waals surface area contributed by atoms with E-state index in [-0.39, 0.29) is 12.3 Å². The lowest BCUT2D eigenvalue weighted by Gasteiger charge is -2.26. The predicted molar refractivity (Wildman–Crippen MR) is 146 cm³/mol.